The molecule has 3 rings (SSSR count). The summed E-state index contributed by atoms with van der Waals surface area (Å²) in [7, 11) is 3.25. The number of hydrogen-bond donors (Lipinski definition) is 1. The van der Waals surface area contributed by atoms with E-state index >= 15 is 0 Å². The number of piperidine rings is 1. The molecule has 0 spiro atoms. The first kappa shape index (κ1) is 22.2. The van der Waals surface area contributed by atoms with Crippen LogP contribution in [0.5, 0.6) is 11.5 Å². The Morgan fingerprint density at radius 1 is 1.00 bits per heavy atom. The zero-order chi connectivity index (χ0) is 21.3. The molecule has 0 saturated carbocycles. The number of nitrogens with zero attached hydrogens (tertiary/aromatic N) is 1. The lowest BCUT2D eigenvalue weighted by molar-refractivity contribution is -0.121. The number of benzene rings is 2. The molecular weight excluding hydrogens is 376 g/mol. The molecule has 0 aliphatic carbocycles. The van der Waals surface area contributed by atoms with Gasteiger partial charge in [-0.05, 0) is 61.0 Å². The smallest absolute Gasteiger partial charge is 0.220 e. The minimum absolute atomic E-state index is 0.0430. The van der Waals surface area contributed by atoms with E-state index in [0.29, 0.717) is 30.9 Å². The summed E-state index contributed by atoms with van der Waals surface area (Å²) in [4.78, 5) is 15.0. The third-order valence-corrected chi connectivity index (χ3v) is 5.97. The van der Waals surface area contributed by atoms with Crippen molar-refractivity contribution < 1.29 is 14.3 Å². The number of aryl methyl sites for hydroxylation is 1. The highest BCUT2D eigenvalue weighted by atomic mass is 16.5. The quantitative estimate of drug-likeness (QED) is 0.674. The number of ether oxygens (including phenoxy) is 2. The summed E-state index contributed by atoms with van der Waals surface area (Å²) in [6.07, 6.45) is 3.56. The van der Waals surface area contributed by atoms with Crippen LogP contribution in [0.1, 0.15) is 42.9 Å². The van der Waals surface area contributed by atoms with Crippen molar-refractivity contribution in [2.75, 3.05) is 27.3 Å². The van der Waals surface area contributed by atoms with Gasteiger partial charge >= 0.3 is 0 Å². The van der Waals surface area contributed by atoms with Crippen molar-refractivity contribution >= 4 is 5.91 Å². The van der Waals surface area contributed by atoms with Gasteiger partial charge in [-0.1, -0.05) is 43.3 Å². The minimum Gasteiger partial charge on any atom is -0.493 e. The molecule has 0 unspecified atom stereocenters. The zero-order valence-electron chi connectivity index (χ0n) is 18.4. The second-order valence-corrected chi connectivity index (χ2v) is 8.16. The number of methoxy groups -OCH3 is 2. The molecule has 1 fully saturated rings. The lowest BCUT2D eigenvalue weighted by Crippen LogP contribution is -2.33. The maximum absolute atomic E-state index is 12.5. The predicted molar refractivity (Wildman–Crippen MR) is 120 cm³/mol. The highest BCUT2D eigenvalue weighted by Gasteiger charge is 2.17. The molecule has 162 valence electrons. The van der Waals surface area contributed by atoms with Gasteiger partial charge in [0, 0.05) is 19.5 Å². The van der Waals surface area contributed by atoms with Gasteiger partial charge in [-0.2, -0.15) is 0 Å². The number of para-hydroxylation sites is 1. The molecule has 0 radical (unpaired) electrons. The van der Waals surface area contributed by atoms with Crippen LogP contribution in [0.4, 0.5) is 0 Å². The van der Waals surface area contributed by atoms with Crippen LogP contribution in [0.25, 0.3) is 0 Å². The van der Waals surface area contributed by atoms with Crippen molar-refractivity contribution in [3.63, 3.8) is 0 Å². The number of rotatable bonds is 9. The Bertz CT molecular complexity index is 829. The Morgan fingerprint density at radius 2 is 1.70 bits per heavy atom. The standard InChI is InChI=1S/C25H34N2O3/c1-19-13-15-27(16-14-19)18-22-8-5-4-7-21(22)17-26-24(28)12-11-20-9-6-10-23(29-2)25(20)30-3/h4-10,19H,11-18H2,1-3H3,(H,26,28). The summed E-state index contributed by atoms with van der Waals surface area (Å²) in [5, 5.41) is 3.09. The molecule has 1 saturated heterocycles. The van der Waals surface area contributed by atoms with Gasteiger partial charge < -0.3 is 14.8 Å². The Morgan fingerprint density at radius 3 is 2.40 bits per heavy atom. The first-order chi connectivity index (χ1) is 14.6. The number of nitrogens with one attached hydrogen (secondary N) is 1. The lowest BCUT2D eigenvalue weighted by atomic mass is 9.98. The molecule has 5 nitrogen and oxygen atoms in total. The molecule has 1 heterocycles. The molecule has 2 aromatic carbocycles. The summed E-state index contributed by atoms with van der Waals surface area (Å²) < 4.78 is 10.8. The molecule has 1 aliphatic heterocycles. The normalized spacial score (nSPS) is 15.0. The summed E-state index contributed by atoms with van der Waals surface area (Å²) in [5.74, 6) is 2.27. The molecular formula is C25H34N2O3. The monoisotopic (exact) mass is 410 g/mol. The summed E-state index contributed by atoms with van der Waals surface area (Å²) in [6, 6.07) is 14.2. The maximum Gasteiger partial charge on any atom is 0.220 e. The van der Waals surface area contributed by atoms with E-state index in [1.165, 1.54) is 24.0 Å². The van der Waals surface area contributed by atoms with E-state index in [1.54, 1.807) is 14.2 Å². The second kappa shape index (κ2) is 11.0. The fraction of sp³-hybridized carbons (Fsp3) is 0.480. The van der Waals surface area contributed by atoms with Crippen molar-refractivity contribution in [1.29, 1.82) is 0 Å². The molecule has 1 aliphatic rings. The number of likely N-dealkylation sites (tertiary alicyclic amines) is 1. The molecule has 5 heteroatoms. The van der Waals surface area contributed by atoms with E-state index in [2.05, 4.69) is 35.3 Å². The highest BCUT2D eigenvalue weighted by molar-refractivity contribution is 5.76. The van der Waals surface area contributed by atoms with Gasteiger partial charge in [0.2, 0.25) is 5.91 Å². The Kier molecular flexibility index (Phi) is 8.14. The van der Waals surface area contributed by atoms with E-state index in [0.717, 1.165) is 31.1 Å². The lowest BCUT2D eigenvalue weighted by Gasteiger charge is -2.30. The van der Waals surface area contributed by atoms with Gasteiger partial charge in [0.1, 0.15) is 0 Å². The van der Waals surface area contributed by atoms with Crippen LogP contribution in [0.2, 0.25) is 0 Å². The molecule has 2 aromatic rings. The summed E-state index contributed by atoms with van der Waals surface area (Å²) >= 11 is 0. The topological polar surface area (TPSA) is 50.8 Å². The Balaban J connectivity index is 1.53. The van der Waals surface area contributed by atoms with Crippen molar-refractivity contribution in [1.82, 2.24) is 10.2 Å². The van der Waals surface area contributed by atoms with Crippen LogP contribution in [-0.4, -0.2) is 38.1 Å². The van der Waals surface area contributed by atoms with Gasteiger partial charge in [-0.15, -0.1) is 0 Å². The number of hydrogen-bond acceptors (Lipinski definition) is 4. The number of amides is 1. The van der Waals surface area contributed by atoms with Crippen molar-refractivity contribution in [2.24, 2.45) is 5.92 Å². The number of carbonyl (C=O) groups excluding carboxylic acids is 1. The zero-order valence-corrected chi connectivity index (χ0v) is 18.4. The molecule has 30 heavy (non-hydrogen) atoms. The van der Waals surface area contributed by atoms with Gasteiger partial charge in [0.15, 0.2) is 11.5 Å². The fourth-order valence-corrected chi connectivity index (χ4v) is 4.03. The van der Waals surface area contributed by atoms with E-state index < -0.39 is 0 Å². The van der Waals surface area contributed by atoms with Crippen molar-refractivity contribution in [3.05, 3.63) is 59.2 Å². The highest BCUT2D eigenvalue weighted by Crippen LogP contribution is 2.31. The van der Waals surface area contributed by atoms with E-state index in [1.807, 2.05) is 24.3 Å². The molecule has 0 atom stereocenters. The SMILES string of the molecule is COc1cccc(CCC(=O)NCc2ccccc2CN2CCC(C)CC2)c1OC. The summed E-state index contributed by atoms with van der Waals surface area (Å²) in [6.45, 7) is 6.17. The Labute approximate surface area is 180 Å². The minimum atomic E-state index is 0.0430. The number of carbonyl (C=O) groups is 1. The van der Waals surface area contributed by atoms with Crippen molar-refractivity contribution in [3.8, 4) is 11.5 Å². The molecule has 1 amide bonds. The van der Waals surface area contributed by atoms with Crippen LogP contribution in [0.3, 0.4) is 0 Å². The average molecular weight is 411 g/mol. The largest absolute Gasteiger partial charge is 0.493 e. The van der Waals surface area contributed by atoms with Crippen molar-refractivity contribution in [2.45, 2.75) is 45.7 Å². The van der Waals surface area contributed by atoms with Gasteiger partial charge in [-0.25, -0.2) is 0 Å². The third-order valence-electron chi connectivity index (χ3n) is 5.97. The van der Waals surface area contributed by atoms with Crippen LogP contribution in [0.15, 0.2) is 42.5 Å². The molecule has 0 aromatic heterocycles. The van der Waals surface area contributed by atoms with E-state index in [-0.39, 0.29) is 5.91 Å². The van der Waals surface area contributed by atoms with Gasteiger partial charge in [0.05, 0.1) is 14.2 Å². The first-order valence-corrected chi connectivity index (χ1v) is 10.9. The predicted octanol–water partition coefficient (Wildman–Crippen LogP) is 4.18. The summed E-state index contributed by atoms with van der Waals surface area (Å²) in [5.41, 5.74) is 3.48. The van der Waals surface area contributed by atoms with Crippen LogP contribution < -0.4 is 14.8 Å². The van der Waals surface area contributed by atoms with Crippen LogP contribution >= 0.6 is 0 Å². The maximum atomic E-state index is 12.5. The average Bonchev–Trinajstić information content (AvgIpc) is 2.78. The fourth-order valence-electron chi connectivity index (χ4n) is 4.03. The first-order valence-electron chi connectivity index (χ1n) is 10.9. The second-order valence-electron chi connectivity index (χ2n) is 8.16. The van der Waals surface area contributed by atoms with E-state index in [4.69, 9.17) is 9.47 Å². The van der Waals surface area contributed by atoms with Gasteiger partial charge in [0.25, 0.3) is 0 Å². The Hall–Kier alpha value is -2.53. The molecule has 1 N–H and O–H groups in total. The van der Waals surface area contributed by atoms with Gasteiger partial charge in [-0.3, -0.25) is 9.69 Å². The van der Waals surface area contributed by atoms with Crippen LogP contribution in [-0.2, 0) is 24.3 Å². The third kappa shape index (κ3) is 5.99. The van der Waals surface area contributed by atoms with E-state index in [9.17, 15) is 4.79 Å². The molecule has 0 bridgehead atoms. The van der Waals surface area contributed by atoms with Crippen LogP contribution in [0, 0.1) is 5.92 Å².